The van der Waals surface area contributed by atoms with Crippen LogP contribution < -0.4 is 10.1 Å². The van der Waals surface area contributed by atoms with Gasteiger partial charge in [0.2, 0.25) is 0 Å². The number of rotatable bonds is 7. The molecule has 1 unspecified atom stereocenters. The number of nitrogens with zero attached hydrogens (tertiary/aromatic N) is 3. The summed E-state index contributed by atoms with van der Waals surface area (Å²) in [5, 5.41) is 11.7. The lowest BCUT2D eigenvalue weighted by atomic mass is 10.1. The summed E-state index contributed by atoms with van der Waals surface area (Å²) >= 11 is 0. The molecular weight excluding hydrogens is 264 g/mol. The van der Waals surface area contributed by atoms with E-state index in [0.717, 1.165) is 30.4 Å². The zero-order chi connectivity index (χ0) is 15.2. The molecule has 21 heavy (non-hydrogen) atoms. The van der Waals surface area contributed by atoms with E-state index in [9.17, 15) is 0 Å². The second-order valence-corrected chi connectivity index (χ2v) is 5.22. The van der Waals surface area contributed by atoms with Gasteiger partial charge in [-0.1, -0.05) is 25.1 Å². The van der Waals surface area contributed by atoms with Gasteiger partial charge in [0.1, 0.15) is 18.2 Å². The number of hydrogen-bond donors (Lipinski definition) is 1. The summed E-state index contributed by atoms with van der Waals surface area (Å²) in [6.45, 7) is 7.68. The predicted molar refractivity (Wildman–Crippen MR) is 83.2 cm³/mol. The molecule has 1 N–H and O–H groups in total. The van der Waals surface area contributed by atoms with Gasteiger partial charge in [-0.3, -0.25) is 0 Å². The summed E-state index contributed by atoms with van der Waals surface area (Å²) in [5.41, 5.74) is 1.17. The molecule has 1 aromatic heterocycles. The van der Waals surface area contributed by atoms with Gasteiger partial charge < -0.3 is 14.6 Å². The molecule has 0 bridgehead atoms. The number of benzene rings is 1. The smallest absolute Gasteiger partial charge is 0.170 e. The Balaban J connectivity index is 2.07. The van der Waals surface area contributed by atoms with Crippen LogP contribution in [0.15, 0.2) is 24.3 Å². The molecule has 5 heteroatoms. The summed E-state index contributed by atoms with van der Waals surface area (Å²) in [6.07, 6.45) is 1.12. The van der Waals surface area contributed by atoms with Crippen molar-refractivity contribution < 1.29 is 4.74 Å². The highest BCUT2D eigenvalue weighted by Gasteiger charge is 2.12. The molecule has 0 aliphatic rings. The van der Waals surface area contributed by atoms with Crippen LogP contribution in [0.25, 0.3) is 0 Å². The molecule has 0 fully saturated rings. The molecule has 1 heterocycles. The van der Waals surface area contributed by atoms with Crippen LogP contribution in [0, 0.1) is 6.92 Å². The number of aromatic nitrogens is 3. The van der Waals surface area contributed by atoms with E-state index in [1.54, 1.807) is 0 Å². The van der Waals surface area contributed by atoms with E-state index >= 15 is 0 Å². The van der Waals surface area contributed by atoms with Gasteiger partial charge in [-0.15, -0.1) is 10.2 Å². The van der Waals surface area contributed by atoms with Gasteiger partial charge in [-0.2, -0.15) is 0 Å². The van der Waals surface area contributed by atoms with E-state index in [4.69, 9.17) is 4.74 Å². The number of hydrogen-bond acceptors (Lipinski definition) is 4. The predicted octanol–water partition coefficient (Wildman–Crippen LogP) is 2.76. The minimum atomic E-state index is 0.266. The van der Waals surface area contributed by atoms with Crippen LogP contribution >= 0.6 is 0 Å². The van der Waals surface area contributed by atoms with Crippen LogP contribution in [0.1, 0.15) is 43.5 Å². The molecular formula is C16H24N4O. The normalized spacial score (nSPS) is 12.4. The van der Waals surface area contributed by atoms with E-state index in [0.29, 0.717) is 6.61 Å². The first-order chi connectivity index (χ1) is 10.1. The highest BCUT2D eigenvalue weighted by molar-refractivity contribution is 5.35. The molecule has 0 aliphatic carbocycles. The van der Waals surface area contributed by atoms with Gasteiger partial charge in [0.25, 0.3) is 0 Å². The Morgan fingerprint density at radius 2 is 2.05 bits per heavy atom. The lowest BCUT2D eigenvalue weighted by Gasteiger charge is -2.18. The molecule has 0 amide bonds. The van der Waals surface area contributed by atoms with Gasteiger partial charge in [-0.05, 0) is 32.9 Å². The van der Waals surface area contributed by atoms with Gasteiger partial charge in [0.15, 0.2) is 5.82 Å². The van der Waals surface area contributed by atoms with Gasteiger partial charge >= 0.3 is 0 Å². The summed E-state index contributed by atoms with van der Waals surface area (Å²) in [5.74, 6) is 2.62. The van der Waals surface area contributed by atoms with Crippen molar-refractivity contribution in [3.8, 4) is 5.75 Å². The summed E-state index contributed by atoms with van der Waals surface area (Å²) in [4.78, 5) is 0. The number of nitrogens with one attached hydrogen (secondary N) is 1. The molecule has 1 aromatic carbocycles. The second kappa shape index (κ2) is 7.22. The summed E-state index contributed by atoms with van der Waals surface area (Å²) < 4.78 is 7.90. The molecule has 5 nitrogen and oxygen atoms in total. The first-order valence-electron chi connectivity index (χ1n) is 7.43. The SMILES string of the molecule is CCCNC(C)c1ccccc1OCc1nnc(C)n1C. The zero-order valence-corrected chi connectivity index (χ0v) is 13.3. The summed E-state index contributed by atoms with van der Waals surface area (Å²) in [6, 6.07) is 8.40. The molecule has 0 saturated heterocycles. The van der Waals surface area contributed by atoms with Crippen LogP contribution in [-0.4, -0.2) is 21.3 Å². The average molecular weight is 288 g/mol. The Morgan fingerprint density at radius 3 is 2.71 bits per heavy atom. The van der Waals surface area contributed by atoms with Gasteiger partial charge in [0.05, 0.1) is 0 Å². The van der Waals surface area contributed by atoms with Crippen molar-refractivity contribution in [1.29, 1.82) is 0 Å². The zero-order valence-electron chi connectivity index (χ0n) is 13.3. The Hall–Kier alpha value is -1.88. The van der Waals surface area contributed by atoms with E-state index < -0.39 is 0 Å². The minimum Gasteiger partial charge on any atom is -0.485 e. The van der Waals surface area contributed by atoms with Crippen LogP contribution in [0.2, 0.25) is 0 Å². The monoisotopic (exact) mass is 288 g/mol. The largest absolute Gasteiger partial charge is 0.485 e. The molecule has 114 valence electrons. The van der Waals surface area contributed by atoms with Crippen LogP contribution in [0.3, 0.4) is 0 Å². The fourth-order valence-corrected chi connectivity index (χ4v) is 2.16. The summed E-state index contributed by atoms with van der Waals surface area (Å²) in [7, 11) is 1.95. The Labute approximate surface area is 126 Å². The number of para-hydroxylation sites is 1. The molecule has 1 atom stereocenters. The first-order valence-corrected chi connectivity index (χ1v) is 7.43. The lowest BCUT2D eigenvalue weighted by Crippen LogP contribution is -2.20. The third-order valence-corrected chi connectivity index (χ3v) is 3.63. The molecule has 0 spiro atoms. The van der Waals surface area contributed by atoms with Crippen molar-refractivity contribution in [2.75, 3.05) is 6.54 Å². The Kier molecular flexibility index (Phi) is 5.33. The highest BCUT2D eigenvalue weighted by Crippen LogP contribution is 2.25. The third-order valence-electron chi connectivity index (χ3n) is 3.63. The highest BCUT2D eigenvalue weighted by atomic mass is 16.5. The third kappa shape index (κ3) is 3.82. The van der Waals surface area contributed by atoms with Crippen LogP contribution in [0.5, 0.6) is 5.75 Å². The van der Waals surface area contributed by atoms with Crippen molar-refractivity contribution in [1.82, 2.24) is 20.1 Å². The van der Waals surface area contributed by atoms with Gasteiger partial charge in [0, 0.05) is 18.7 Å². The van der Waals surface area contributed by atoms with E-state index in [-0.39, 0.29) is 6.04 Å². The minimum absolute atomic E-state index is 0.266. The Bertz CT molecular complexity index is 579. The quantitative estimate of drug-likeness (QED) is 0.851. The fourth-order valence-electron chi connectivity index (χ4n) is 2.16. The molecule has 2 rings (SSSR count). The van der Waals surface area contributed by atoms with E-state index in [1.807, 2.05) is 36.7 Å². The molecule has 0 saturated carbocycles. The topological polar surface area (TPSA) is 52.0 Å². The molecule has 0 radical (unpaired) electrons. The van der Waals surface area contributed by atoms with E-state index in [2.05, 4.69) is 35.4 Å². The second-order valence-electron chi connectivity index (χ2n) is 5.22. The Morgan fingerprint density at radius 1 is 1.29 bits per heavy atom. The maximum atomic E-state index is 5.96. The van der Waals surface area contributed by atoms with Crippen molar-refractivity contribution in [3.63, 3.8) is 0 Å². The van der Waals surface area contributed by atoms with Crippen LogP contribution in [-0.2, 0) is 13.7 Å². The van der Waals surface area contributed by atoms with Crippen molar-refractivity contribution in [2.24, 2.45) is 7.05 Å². The molecule has 0 aliphatic heterocycles. The maximum Gasteiger partial charge on any atom is 0.170 e. The molecule has 2 aromatic rings. The lowest BCUT2D eigenvalue weighted by molar-refractivity contribution is 0.285. The first kappa shape index (κ1) is 15.5. The van der Waals surface area contributed by atoms with Crippen molar-refractivity contribution in [2.45, 2.75) is 39.8 Å². The number of ether oxygens (including phenoxy) is 1. The van der Waals surface area contributed by atoms with E-state index in [1.165, 1.54) is 5.56 Å². The average Bonchev–Trinajstić information content (AvgIpc) is 2.82. The van der Waals surface area contributed by atoms with Crippen LogP contribution in [0.4, 0.5) is 0 Å². The van der Waals surface area contributed by atoms with Crippen molar-refractivity contribution in [3.05, 3.63) is 41.5 Å². The standard InChI is InChI=1S/C16H24N4O/c1-5-10-17-12(2)14-8-6-7-9-15(14)21-11-16-19-18-13(3)20(16)4/h6-9,12,17H,5,10-11H2,1-4H3. The van der Waals surface area contributed by atoms with Crippen molar-refractivity contribution >= 4 is 0 Å². The fraction of sp³-hybridized carbons (Fsp3) is 0.500. The maximum absolute atomic E-state index is 5.96. The number of aryl methyl sites for hydroxylation is 1. The van der Waals surface area contributed by atoms with Gasteiger partial charge in [-0.25, -0.2) is 0 Å².